The maximum Gasteiger partial charge on any atom is 0.207 e. The number of anilines is 2. The number of ether oxygens (including phenoxy) is 1. The zero-order valence-electron chi connectivity index (χ0n) is 10.5. The SMILES string of the molecule is COCCn1cc(C)nc1Nc1ccc(I)cc1. The molecule has 2 rings (SSSR count). The number of aryl methyl sites for hydroxylation is 1. The van der Waals surface area contributed by atoms with E-state index < -0.39 is 0 Å². The second kappa shape index (κ2) is 6.19. The molecule has 1 aromatic heterocycles. The third kappa shape index (κ3) is 3.46. The van der Waals surface area contributed by atoms with Crippen molar-refractivity contribution < 1.29 is 4.74 Å². The van der Waals surface area contributed by atoms with Gasteiger partial charge in [0, 0.05) is 29.1 Å². The Morgan fingerprint density at radius 3 is 2.72 bits per heavy atom. The van der Waals surface area contributed by atoms with Gasteiger partial charge in [0.05, 0.1) is 12.3 Å². The molecule has 0 saturated heterocycles. The number of rotatable bonds is 5. The monoisotopic (exact) mass is 357 g/mol. The van der Waals surface area contributed by atoms with Gasteiger partial charge in [-0.1, -0.05) is 0 Å². The van der Waals surface area contributed by atoms with Crippen molar-refractivity contribution in [1.29, 1.82) is 0 Å². The van der Waals surface area contributed by atoms with Crippen LogP contribution < -0.4 is 5.32 Å². The van der Waals surface area contributed by atoms with E-state index in [9.17, 15) is 0 Å². The van der Waals surface area contributed by atoms with Gasteiger partial charge in [0.2, 0.25) is 5.95 Å². The molecule has 5 heteroatoms. The number of imidazole rings is 1. The van der Waals surface area contributed by atoms with Gasteiger partial charge in [-0.2, -0.15) is 0 Å². The number of nitrogens with one attached hydrogen (secondary N) is 1. The molecule has 1 N–H and O–H groups in total. The molecule has 0 spiro atoms. The van der Waals surface area contributed by atoms with E-state index in [2.05, 4.69) is 49.6 Å². The summed E-state index contributed by atoms with van der Waals surface area (Å²) in [6.45, 7) is 3.46. The van der Waals surface area contributed by atoms with Gasteiger partial charge >= 0.3 is 0 Å². The number of benzene rings is 1. The molecule has 0 saturated carbocycles. The van der Waals surface area contributed by atoms with Crippen molar-refractivity contribution in [3.8, 4) is 0 Å². The number of methoxy groups -OCH3 is 1. The first-order valence-corrected chi connectivity index (χ1v) is 6.82. The van der Waals surface area contributed by atoms with Gasteiger partial charge in [0.1, 0.15) is 0 Å². The van der Waals surface area contributed by atoms with Crippen molar-refractivity contribution in [2.45, 2.75) is 13.5 Å². The lowest BCUT2D eigenvalue weighted by molar-refractivity contribution is 0.188. The predicted molar refractivity (Wildman–Crippen MR) is 81.3 cm³/mol. The number of aromatic nitrogens is 2. The molecule has 0 aliphatic carbocycles. The molecule has 0 amide bonds. The Kier molecular flexibility index (Phi) is 4.60. The molecule has 1 heterocycles. The van der Waals surface area contributed by atoms with E-state index in [1.807, 2.05) is 25.3 Å². The Balaban J connectivity index is 2.14. The number of hydrogen-bond donors (Lipinski definition) is 1. The highest BCUT2D eigenvalue weighted by Crippen LogP contribution is 2.17. The molecule has 18 heavy (non-hydrogen) atoms. The average molecular weight is 357 g/mol. The fourth-order valence-electron chi connectivity index (χ4n) is 1.67. The minimum atomic E-state index is 0.678. The molecule has 2 aromatic rings. The Labute approximate surface area is 121 Å². The zero-order chi connectivity index (χ0) is 13.0. The second-order valence-corrected chi connectivity index (χ2v) is 5.27. The summed E-state index contributed by atoms with van der Waals surface area (Å²) in [5.41, 5.74) is 2.04. The van der Waals surface area contributed by atoms with Crippen molar-refractivity contribution >= 4 is 34.2 Å². The maximum atomic E-state index is 5.10. The van der Waals surface area contributed by atoms with E-state index in [0.29, 0.717) is 6.61 Å². The summed E-state index contributed by atoms with van der Waals surface area (Å²) in [6.07, 6.45) is 2.02. The Bertz CT molecular complexity index is 507. The van der Waals surface area contributed by atoms with Crippen LogP contribution in [0.1, 0.15) is 5.69 Å². The maximum absolute atomic E-state index is 5.10. The highest BCUT2D eigenvalue weighted by atomic mass is 127. The lowest BCUT2D eigenvalue weighted by Gasteiger charge is -2.09. The van der Waals surface area contributed by atoms with Crippen molar-refractivity contribution in [1.82, 2.24) is 9.55 Å². The molecule has 0 aliphatic rings. The average Bonchev–Trinajstić information content (AvgIpc) is 2.70. The van der Waals surface area contributed by atoms with Crippen LogP contribution in [0.5, 0.6) is 0 Å². The van der Waals surface area contributed by atoms with Crippen molar-refractivity contribution in [2.75, 3.05) is 19.0 Å². The van der Waals surface area contributed by atoms with E-state index >= 15 is 0 Å². The van der Waals surface area contributed by atoms with Crippen LogP contribution in [-0.4, -0.2) is 23.3 Å². The standard InChI is InChI=1S/C13H16IN3O/c1-10-9-17(7-8-18-2)13(15-10)16-12-5-3-11(14)4-6-12/h3-6,9H,7-8H2,1-2H3,(H,15,16). The van der Waals surface area contributed by atoms with Crippen molar-refractivity contribution in [2.24, 2.45) is 0 Å². The van der Waals surface area contributed by atoms with Gasteiger partial charge < -0.3 is 14.6 Å². The first-order valence-electron chi connectivity index (χ1n) is 5.74. The highest BCUT2D eigenvalue weighted by molar-refractivity contribution is 14.1. The van der Waals surface area contributed by atoms with Crippen LogP contribution in [0.3, 0.4) is 0 Å². The molecule has 96 valence electrons. The Hall–Kier alpha value is -1.08. The van der Waals surface area contributed by atoms with Gasteiger partial charge in [0.25, 0.3) is 0 Å². The summed E-state index contributed by atoms with van der Waals surface area (Å²) in [6, 6.07) is 8.23. The van der Waals surface area contributed by atoms with Gasteiger partial charge in [-0.05, 0) is 53.8 Å². The van der Waals surface area contributed by atoms with E-state index in [0.717, 1.165) is 23.9 Å². The van der Waals surface area contributed by atoms with Gasteiger partial charge in [-0.25, -0.2) is 4.98 Å². The van der Waals surface area contributed by atoms with E-state index in [-0.39, 0.29) is 0 Å². The summed E-state index contributed by atoms with van der Waals surface area (Å²) in [5, 5.41) is 3.32. The van der Waals surface area contributed by atoms with Crippen LogP contribution in [0.25, 0.3) is 0 Å². The predicted octanol–water partition coefficient (Wildman–Crippen LogP) is 3.19. The molecule has 0 radical (unpaired) electrons. The Morgan fingerprint density at radius 1 is 1.33 bits per heavy atom. The smallest absolute Gasteiger partial charge is 0.207 e. The summed E-state index contributed by atoms with van der Waals surface area (Å²) in [4.78, 5) is 4.48. The summed E-state index contributed by atoms with van der Waals surface area (Å²) in [7, 11) is 1.70. The fraction of sp³-hybridized carbons (Fsp3) is 0.308. The van der Waals surface area contributed by atoms with E-state index in [1.165, 1.54) is 3.57 Å². The fourth-order valence-corrected chi connectivity index (χ4v) is 2.03. The molecule has 0 bridgehead atoms. The molecule has 0 atom stereocenters. The molecule has 0 fully saturated rings. The minimum absolute atomic E-state index is 0.678. The Morgan fingerprint density at radius 2 is 2.06 bits per heavy atom. The summed E-state index contributed by atoms with van der Waals surface area (Å²) in [5.74, 6) is 0.853. The zero-order valence-corrected chi connectivity index (χ0v) is 12.6. The quantitative estimate of drug-likeness (QED) is 0.836. The third-order valence-electron chi connectivity index (χ3n) is 2.53. The van der Waals surface area contributed by atoms with Crippen molar-refractivity contribution in [3.05, 3.63) is 39.7 Å². The van der Waals surface area contributed by atoms with Gasteiger partial charge in [0.15, 0.2) is 0 Å². The van der Waals surface area contributed by atoms with Crippen LogP contribution >= 0.6 is 22.6 Å². The number of halogens is 1. The molecular weight excluding hydrogens is 341 g/mol. The lowest BCUT2D eigenvalue weighted by atomic mass is 10.3. The van der Waals surface area contributed by atoms with Crippen molar-refractivity contribution in [3.63, 3.8) is 0 Å². The van der Waals surface area contributed by atoms with E-state index in [4.69, 9.17) is 4.74 Å². The first-order chi connectivity index (χ1) is 8.69. The normalized spacial score (nSPS) is 10.6. The van der Waals surface area contributed by atoms with Crippen LogP contribution in [0.15, 0.2) is 30.5 Å². The van der Waals surface area contributed by atoms with Crippen LogP contribution in [0.4, 0.5) is 11.6 Å². The molecule has 0 aliphatic heterocycles. The molecule has 1 aromatic carbocycles. The highest BCUT2D eigenvalue weighted by Gasteiger charge is 2.05. The minimum Gasteiger partial charge on any atom is -0.383 e. The molecule has 4 nitrogen and oxygen atoms in total. The summed E-state index contributed by atoms with van der Waals surface area (Å²) >= 11 is 2.29. The molecule has 0 unspecified atom stereocenters. The van der Waals surface area contributed by atoms with Crippen LogP contribution in [-0.2, 0) is 11.3 Å². The topological polar surface area (TPSA) is 39.1 Å². The molecular formula is C13H16IN3O. The third-order valence-corrected chi connectivity index (χ3v) is 3.25. The first kappa shape index (κ1) is 13.4. The van der Waals surface area contributed by atoms with E-state index in [1.54, 1.807) is 7.11 Å². The second-order valence-electron chi connectivity index (χ2n) is 4.02. The number of nitrogens with zero attached hydrogens (tertiary/aromatic N) is 2. The largest absolute Gasteiger partial charge is 0.383 e. The van der Waals surface area contributed by atoms with Gasteiger partial charge in [-0.3, -0.25) is 0 Å². The van der Waals surface area contributed by atoms with Crippen LogP contribution in [0, 0.1) is 10.5 Å². The van der Waals surface area contributed by atoms with Crippen LogP contribution in [0.2, 0.25) is 0 Å². The number of hydrogen-bond acceptors (Lipinski definition) is 3. The van der Waals surface area contributed by atoms with Gasteiger partial charge in [-0.15, -0.1) is 0 Å². The lowest BCUT2D eigenvalue weighted by Crippen LogP contribution is -2.07. The summed E-state index contributed by atoms with van der Waals surface area (Å²) < 4.78 is 8.38.